The van der Waals surface area contributed by atoms with Crippen LogP contribution in [-0.4, -0.2) is 11.6 Å². The molecule has 3 nitrogen and oxygen atoms in total. The molecule has 1 heterocycles. The highest BCUT2D eigenvalue weighted by Crippen LogP contribution is 2.31. The van der Waals surface area contributed by atoms with E-state index in [9.17, 15) is 0 Å². The van der Waals surface area contributed by atoms with Gasteiger partial charge in [-0.25, -0.2) is 4.98 Å². The molecule has 17 heavy (non-hydrogen) atoms. The minimum atomic E-state index is 0.399. The lowest BCUT2D eigenvalue weighted by molar-refractivity contribution is 0.321. The van der Waals surface area contributed by atoms with E-state index < -0.39 is 0 Å². The number of benzene rings is 1. The molecule has 0 saturated heterocycles. The Labute approximate surface area is 105 Å². The first kappa shape index (κ1) is 11.7. The molecule has 1 aromatic carbocycles. The van der Waals surface area contributed by atoms with E-state index in [1.807, 2.05) is 31.2 Å². The van der Waals surface area contributed by atoms with Crippen molar-refractivity contribution in [3.63, 3.8) is 0 Å². The highest BCUT2D eigenvalue weighted by molar-refractivity contribution is 6.29. The number of hydrogen-bond acceptors (Lipinski definition) is 3. The Balaban J connectivity index is 2.23. The molecule has 0 amide bonds. The monoisotopic (exact) mass is 249 g/mol. The first-order valence-corrected chi connectivity index (χ1v) is 5.68. The molecule has 0 N–H and O–H groups in total. The largest absolute Gasteiger partial charge is 0.490 e. The second-order valence-corrected chi connectivity index (χ2v) is 3.68. The molecule has 0 radical (unpaired) electrons. The molecule has 2 rings (SSSR count). The van der Waals surface area contributed by atoms with Crippen molar-refractivity contribution in [2.75, 3.05) is 6.61 Å². The minimum absolute atomic E-state index is 0.399. The lowest BCUT2D eigenvalue weighted by atomic mass is 10.3. The number of ether oxygens (including phenoxy) is 2. The molecule has 0 aliphatic carbocycles. The first-order chi connectivity index (χ1) is 8.29. The Morgan fingerprint density at radius 1 is 1.18 bits per heavy atom. The summed E-state index contributed by atoms with van der Waals surface area (Å²) in [6.45, 7) is 2.53. The Morgan fingerprint density at radius 3 is 2.65 bits per heavy atom. The van der Waals surface area contributed by atoms with Crippen LogP contribution >= 0.6 is 11.6 Å². The maximum Gasteiger partial charge on any atom is 0.169 e. The highest BCUT2D eigenvalue weighted by atomic mass is 35.5. The van der Waals surface area contributed by atoms with Gasteiger partial charge in [-0.2, -0.15) is 0 Å². The molecule has 0 atom stereocenters. The molecule has 0 unspecified atom stereocenters. The van der Waals surface area contributed by atoms with Crippen LogP contribution in [0.1, 0.15) is 6.92 Å². The van der Waals surface area contributed by atoms with Gasteiger partial charge in [0.2, 0.25) is 0 Å². The fraction of sp³-hybridized carbons (Fsp3) is 0.154. The van der Waals surface area contributed by atoms with Gasteiger partial charge >= 0.3 is 0 Å². The van der Waals surface area contributed by atoms with E-state index in [1.165, 1.54) is 0 Å². The van der Waals surface area contributed by atoms with E-state index in [0.717, 1.165) is 0 Å². The minimum Gasteiger partial charge on any atom is -0.490 e. The van der Waals surface area contributed by atoms with Gasteiger partial charge in [-0.3, -0.25) is 0 Å². The Morgan fingerprint density at radius 2 is 1.94 bits per heavy atom. The summed E-state index contributed by atoms with van der Waals surface area (Å²) >= 11 is 5.79. The van der Waals surface area contributed by atoms with Crippen molar-refractivity contribution in [2.24, 2.45) is 0 Å². The zero-order valence-corrected chi connectivity index (χ0v) is 10.1. The summed E-state index contributed by atoms with van der Waals surface area (Å²) in [6, 6.07) is 10.9. The zero-order chi connectivity index (χ0) is 12.1. The summed E-state index contributed by atoms with van der Waals surface area (Å²) in [5.74, 6) is 2.01. The van der Waals surface area contributed by atoms with Crippen LogP contribution < -0.4 is 9.47 Å². The molecule has 0 bridgehead atoms. The summed E-state index contributed by atoms with van der Waals surface area (Å²) < 4.78 is 11.2. The van der Waals surface area contributed by atoms with Gasteiger partial charge in [0.15, 0.2) is 11.5 Å². The molecule has 4 heteroatoms. The second-order valence-electron chi connectivity index (χ2n) is 3.30. The molecule has 0 aliphatic heterocycles. The van der Waals surface area contributed by atoms with Crippen LogP contribution in [0.4, 0.5) is 0 Å². The predicted octanol–water partition coefficient (Wildman–Crippen LogP) is 3.93. The Bertz CT molecular complexity index is 502. The van der Waals surface area contributed by atoms with Crippen LogP contribution in [0.25, 0.3) is 0 Å². The van der Waals surface area contributed by atoms with Crippen molar-refractivity contribution < 1.29 is 9.47 Å². The van der Waals surface area contributed by atoms with Gasteiger partial charge in [0.1, 0.15) is 10.9 Å². The predicted molar refractivity (Wildman–Crippen MR) is 66.9 cm³/mol. The first-order valence-electron chi connectivity index (χ1n) is 5.31. The van der Waals surface area contributed by atoms with Crippen molar-refractivity contribution in [2.45, 2.75) is 6.92 Å². The van der Waals surface area contributed by atoms with Gasteiger partial charge in [-0.15, -0.1) is 0 Å². The molecule has 0 saturated carbocycles. The van der Waals surface area contributed by atoms with Crippen LogP contribution in [0, 0.1) is 0 Å². The number of aromatic nitrogens is 1. The van der Waals surface area contributed by atoms with Gasteiger partial charge in [0, 0.05) is 12.3 Å². The number of halogens is 1. The standard InChI is InChI=1S/C13H12ClNO2/c1-2-16-11-5-3-4-6-12(11)17-10-7-8-15-13(14)9-10/h3-9H,2H2,1H3. The van der Waals surface area contributed by atoms with Crippen molar-refractivity contribution in [3.05, 3.63) is 47.7 Å². The smallest absolute Gasteiger partial charge is 0.169 e. The molecular formula is C13H12ClNO2. The lowest BCUT2D eigenvalue weighted by Gasteiger charge is -2.10. The van der Waals surface area contributed by atoms with E-state index >= 15 is 0 Å². The quantitative estimate of drug-likeness (QED) is 0.770. The second kappa shape index (κ2) is 5.55. The summed E-state index contributed by atoms with van der Waals surface area (Å²) in [4.78, 5) is 3.89. The number of pyridine rings is 1. The number of rotatable bonds is 4. The average molecular weight is 250 g/mol. The van der Waals surface area contributed by atoms with Gasteiger partial charge in [-0.1, -0.05) is 23.7 Å². The summed E-state index contributed by atoms with van der Waals surface area (Å²) in [5, 5.41) is 0.399. The molecular weight excluding hydrogens is 238 g/mol. The third kappa shape index (κ3) is 3.11. The van der Waals surface area contributed by atoms with Crippen LogP contribution in [0.5, 0.6) is 17.2 Å². The Hall–Kier alpha value is -1.74. The number of para-hydroxylation sites is 2. The van der Waals surface area contributed by atoms with Crippen LogP contribution in [0.3, 0.4) is 0 Å². The van der Waals surface area contributed by atoms with Gasteiger partial charge in [0.25, 0.3) is 0 Å². The van der Waals surface area contributed by atoms with Crippen LogP contribution in [0.2, 0.25) is 5.15 Å². The average Bonchev–Trinajstić information content (AvgIpc) is 2.32. The highest BCUT2D eigenvalue weighted by Gasteiger charge is 2.05. The summed E-state index contributed by atoms with van der Waals surface area (Å²) in [5.41, 5.74) is 0. The normalized spacial score (nSPS) is 10.0. The fourth-order valence-corrected chi connectivity index (χ4v) is 1.55. The molecule has 0 aliphatic rings. The van der Waals surface area contributed by atoms with Crippen molar-refractivity contribution in [3.8, 4) is 17.2 Å². The molecule has 88 valence electrons. The lowest BCUT2D eigenvalue weighted by Crippen LogP contribution is -1.94. The summed E-state index contributed by atoms with van der Waals surface area (Å²) in [6.07, 6.45) is 1.60. The van der Waals surface area contributed by atoms with Crippen molar-refractivity contribution in [1.29, 1.82) is 0 Å². The third-order valence-corrected chi connectivity index (χ3v) is 2.28. The maximum absolute atomic E-state index is 5.79. The molecule has 0 spiro atoms. The van der Waals surface area contributed by atoms with Crippen molar-refractivity contribution >= 4 is 11.6 Å². The molecule has 1 aromatic heterocycles. The Kier molecular flexibility index (Phi) is 3.83. The number of nitrogens with zero attached hydrogens (tertiary/aromatic N) is 1. The van der Waals surface area contributed by atoms with Crippen LogP contribution in [0.15, 0.2) is 42.6 Å². The van der Waals surface area contributed by atoms with Crippen molar-refractivity contribution in [1.82, 2.24) is 4.98 Å². The fourth-order valence-electron chi connectivity index (χ4n) is 1.38. The number of hydrogen-bond donors (Lipinski definition) is 0. The van der Waals surface area contributed by atoms with E-state index in [0.29, 0.717) is 29.0 Å². The SMILES string of the molecule is CCOc1ccccc1Oc1ccnc(Cl)c1. The third-order valence-electron chi connectivity index (χ3n) is 2.07. The van der Waals surface area contributed by atoms with Gasteiger partial charge < -0.3 is 9.47 Å². The zero-order valence-electron chi connectivity index (χ0n) is 9.39. The van der Waals surface area contributed by atoms with E-state index in [1.54, 1.807) is 18.3 Å². The molecule has 0 fully saturated rings. The van der Waals surface area contributed by atoms with Gasteiger partial charge in [-0.05, 0) is 25.1 Å². The topological polar surface area (TPSA) is 31.4 Å². The van der Waals surface area contributed by atoms with Gasteiger partial charge in [0.05, 0.1) is 6.61 Å². The van der Waals surface area contributed by atoms with E-state index in [2.05, 4.69) is 4.98 Å². The van der Waals surface area contributed by atoms with E-state index in [-0.39, 0.29) is 0 Å². The maximum atomic E-state index is 5.79. The molecule has 2 aromatic rings. The summed E-state index contributed by atoms with van der Waals surface area (Å²) in [7, 11) is 0. The van der Waals surface area contributed by atoms with E-state index in [4.69, 9.17) is 21.1 Å². The van der Waals surface area contributed by atoms with Crippen LogP contribution in [-0.2, 0) is 0 Å².